The van der Waals surface area contributed by atoms with E-state index in [1.807, 2.05) is 48.1 Å². The van der Waals surface area contributed by atoms with Crippen LogP contribution in [0.2, 0.25) is 0 Å². The number of nitrogens with zero attached hydrogens (tertiary/aromatic N) is 5. The minimum atomic E-state index is 0.790. The molecule has 5 nitrogen and oxygen atoms in total. The van der Waals surface area contributed by atoms with Gasteiger partial charge in [0.05, 0.1) is 11.2 Å². The normalized spacial score (nSPS) is 15.6. The number of aromatic nitrogens is 3. The summed E-state index contributed by atoms with van der Waals surface area (Å²) in [7, 11) is 0. The lowest BCUT2D eigenvalue weighted by molar-refractivity contribution is 0.247. The van der Waals surface area contributed by atoms with Gasteiger partial charge in [-0.3, -0.25) is 4.90 Å². The lowest BCUT2D eigenvalue weighted by Crippen LogP contribution is -2.46. The molecule has 6 heteroatoms. The molecule has 1 aliphatic rings. The molecule has 3 heterocycles. The molecule has 0 radical (unpaired) electrons. The van der Waals surface area contributed by atoms with E-state index in [9.17, 15) is 0 Å². The highest BCUT2D eigenvalue weighted by Crippen LogP contribution is 2.19. The molecule has 1 fully saturated rings. The number of hydrogen-bond acceptors (Lipinski definition) is 6. The smallest absolute Gasteiger partial charge is 0.161 e. The van der Waals surface area contributed by atoms with Crippen molar-refractivity contribution >= 4 is 17.2 Å². The first-order valence-corrected chi connectivity index (χ1v) is 9.05. The van der Waals surface area contributed by atoms with Gasteiger partial charge >= 0.3 is 0 Å². The van der Waals surface area contributed by atoms with Gasteiger partial charge in [0, 0.05) is 49.9 Å². The Labute approximate surface area is 145 Å². The zero-order chi connectivity index (χ0) is 16.2. The molecule has 0 amide bonds. The third kappa shape index (κ3) is 3.44. The van der Waals surface area contributed by atoms with Crippen molar-refractivity contribution < 1.29 is 0 Å². The van der Waals surface area contributed by atoms with Gasteiger partial charge in [-0.05, 0) is 6.07 Å². The van der Waals surface area contributed by atoms with Crippen molar-refractivity contribution in [1.29, 1.82) is 0 Å². The van der Waals surface area contributed by atoms with Crippen LogP contribution in [0, 0.1) is 0 Å². The Hall–Kier alpha value is -2.31. The maximum absolute atomic E-state index is 4.75. The standard InChI is InChI=1S/C18H19N5S/c1-2-4-15(5-3-1)18-19-7-6-17(21-18)23-10-8-22(9-11-23)12-16-13-24-14-20-16/h1-7,13-14H,8-12H2. The van der Waals surface area contributed by atoms with Crippen LogP contribution in [0.3, 0.4) is 0 Å². The van der Waals surface area contributed by atoms with Gasteiger partial charge < -0.3 is 4.90 Å². The van der Waals surface area contributed by atoms with Crippen LogP contribution in [0.1, 0.15) is 5.69 Å². The van der Waals surface area contributed by atoms with Gasteiger partial charge in [0.2, 0.25) is 0 Å². The molecule has 0 bridgehead atoms. The zero-order valence-corrected chi connectivity index (χ0v) is 14.2. The lowest BCUT2D eigenvalue weighted by atomic mass is 10.2. The highest BCUT2D eigenvalue weighted by molar-refractivity contribution is 7.07. The number of hydrogen-bond donors (Lipinski definition) is 0. The molecule has 3 aromatic rings. The summed E-state index contributed by atoms with van der Waals surface area (Å²) >= 11 is 1.66. The van der Waals surface area contributed by atoms with Crippen molar-refractivity contribution in [1.82, 2.24) is 19.9 Å². The Morgan fingerprint density at radius 1 is 0.958 bits per heavy atom. The van der Waals surface area contributed by atoms with Crippen molar-refractivity contribution in [3.05, 3.63) is 59.2 Å². The molecule has 0 spiro atoms. The Bertz CT molecular complexity index is 767. The summed E-state index contributed by atoms with van der Waals surface area (Å²) in [6.07, 6.45) is 1.85. The van der Waals surface area contributed by atoms with Crippen LogP contribution in [0.15, 0.2) is 53.5 Å². The maximum atomic E-state index is 4.75. The highest BCUT2D eigenvalue weighted by Gasteiger charge is 2.19. The Morgan fingerprint density at radius 3 is 2.54 bits per heavy atom. The summed E-state index contributed by atoms with van der Waals surface area (Å²) in [5.41, 5.74) is 4.13. The average Bonchev–Trinajstić information content (AvgIpc) is 3.16. The van der Waals surface area contributed by atoms with E-state index in [0.29, 0.717) is 0 Å². The zero-order valence-electron chi connectivity index (χ0n) is 13.4. The number of rotatable bonds is 4. The Morgan fingerprint density at radius 2 is 1.79 bits per heavy atom. The van der Waals surface area contributed by atoms with Gasteiger partial charge in [-0.1, -0.05) is 30.3 Å². The van der Waals surface area contributed by atoms with Crippen molar-refractivity contribution in [2.75, 3.05) is 31.1 Å². The van der Waals surface area contributed by atoms with E-state index in [4.69, 9.17) is 4.98 Å². The fourth-order valence-electron chi connectivity index (χ4n) is 2.93. The predicted molar refractivity (Wildman–Crippen MR) is 97.1 cm³/mol. The summed E-state index contributed by atoms with van der Waals surface area (Å²) in [5.74, 6) is 1.80. The second kappa shape index (κ2) is 7.07. The number of benzene rings is 1. The molecule has 1 aromatic carbocycles. The topological polar surface area (TPSA) is 45.2 Å². The van der Waals surface area contributed by atoms with Gasteiger partial charge in [-0.15, -0.1) is 11.3 Å². The van der Waals surface area contributed by atoms with Gasteiger partial charge in [-0.25, -0.2) is 15.0 Å². The molecule has 0 N–H and O–H groups in total. The SMILES string of the molecule is c1ccc(-c2nccc(N3CCN(Cc4cscn4)CC3)n2)cc1. The van der Waals surface area contributed by atoms with E-state index in [-0.39, 0.29) is 0 Å². The van der Waals surface area contributed by atoms with Gasteiger partial charge in [-0.2, -0.15) is 0 Å². The van der Waals surface area contributed by atoms with E-state index >= 15 is 0 Å². The van der Waals surface area contributed by atoms with E-state index in [1.54, 1.807) is 11.3 Å². The van der Waals surface area contributed by atoms with Gasteiger partial charge in [0.15, 0.2) is 5.82 Å². The third-order valence-corrected chi connectivity index (χ3v) is 4.87. The molecule has 1 saturated heterocycles. The molecule has 2 aromatic heterocycles. The van der Waals surface area contributed by atoms with Gasteiger partial charge in [0.1, 0.15) is 5.82 Å². The Balaban J connectivity index is 1.42. The summed E-state index contributed by atoms with van der Waals surface area (Å²) in [4.78, 5) is 18.3. The summed E-state index contributed by atoms with van der Waals surface area (Å²) in [6, 6.07) is 12.1. The molecule has 1 aliphatic heterocycles. The highest BCUT2D eigenvalue weighted by atomic mass is 32.1. The first kappa shape index (κ1) is 15.2. The first-order chi connectivity index (χ1) is 11.9. The fourth-order valence-corrected chi connectivity index (χ4v) is 3.48. The maximum Gasteiger partial charge on any atom is 0.161 e. The second-order valence-corrected chi connectivity index (χ2v) is 6.57. The molecular formula is C18H19N5S. The molecular weight excluding hydrogens is 318 g/mol. The molecule has 24 heavy (non-hydrogen) atoms. The van der Waals surface area contributed by atoms with E-state index in [1.165, 1.54) is 5.69 Å². The van der Waals surface area contributed by atoms with Crippen LogP contribution >= 0.6 is 11.3 Å². The second-order valence-electron chi connectivity index (χ2n) is 5.85. The summed E-state index contributed by atoms with van der Waals surface area (Å²) in [6.45, 7) is 4.96. The number of piperazine rings is 1. The van der Waals surface area contributed by atoms with Crippen molar-refractivity contribution in [2.45, 2.75) is 6.54 Å². The average molecular weight is 337 g/mol. The number of anilines is 1. The fraction of sp³-hybridized carbons (Fsp3) is 0.278. The van der Waals surface area contributed by atoms with Crippen molar-refractivity contribution in [2.24, 2.45) is 0 Å². The van der Waals surface area contributed by atoms with Crippen LogP contribution < -0.4 is 4.90 Å². The first-order valence-electron chi connectivity index (χ1n) is 8.11. The minimum Gasteiger partial charge on any atom is -0.354 e. The third-order valence-electron chi connectivity index (χ3n) is 4.24. The largest absolute Gasteiger partial charge is 0.354 e. The van der Waals surface area contributed by atoms with Crippen LogP contribution in [0.5, 0.6) is 0 Å². The lowest BCUT2D eigenvalue weighted by Gasteiger charge is -2.35. The molecule has 0 unspecified atom stereocenters. The Kier molecular flexibility index (Phi) is 4.49. The quantitative estimate of drug-likeness (QED) is 0.732. The van der Waals surface area contributed by atoms with Crippen LogP contribution in [0.25, 0.3) is 11.4 Å². The molecule has 0 atom stereocenters. The van der Waals surface area contributed by atoms with E-state index < -0.39 is 0 Å². The molecule has 4 rings (SSSR count). The van der Waals surface area contributed by atoms with Crippen LogP contribution in [0.4, 0.5) is 5.82 Å². The van der Waals surface area contributed by atoms with E-state index in [0.717, 1.165) is 49.9 Å². The van der Waals surface area contributed by atoms with Crippen LogP contribution in [-0.4, -0.2) is 46.0 Å². The molecule has 0 saturated carbocycles. The minimum absolute atomic E-state index is 0.790. The van der Waals surface area contributed by atoms with Crippen molar-refractivity contribution in [3.8, 4) is 11.4 Å². The van der Waals surface area contributed by atoms with Gasteiger partial charge in [0.25, 0.3) is 0 Å². The monoisotopic (exact) mass is 337 g/mol. The van der Waals surface area contributed by atoms with E-state index in [2.05, 4.69) is 25.1 Å². The summed E-state index contributed by atoms with van der Waals surface area (Å²) in [5, 5.41) is 2.13. The predicted octanol–water partition coefficient (Wildman–Crippen LogP) is 2.92. The molecule has 122 valence electrons. The number of thiazole rings is 1. The van der Waals surface area contributed by atoms with Crippen LogP contribution in [-0.2, 0) is 6.54 Å². The summed E-state index contributed by atoms with van der Waals surface area (Å²) < 4.78 is 0. The van der Waals surface area contributed by atoms with Crippen molar-refractivity contribution in [3.63, 3.8) is 0 Å². The molecule has 0 aliphatic carbocycles.